The topological polar surface area (TPSA) is 54.0 Å². The summed E-state index contributed by atoms with van der Waals surface area (Å²) in [7, 11) is 0. The number of dihydropyridines is 1. The molecule has 0 saturated heterocycles. The van der Waals surface area contributed by atoms with Crippen LogP contribution < -0.4 is 10.6 Å². The Morgan fingerprint density at radius 3 is 3.07 bits per heavy atom. The van der Waals surface area contributed by atoms with Crippen molar-refractivity contribution in [2.45, 2.75) is 0 Å². The summed E-state index contributed by atoms with van der Waals surface area (Å²) in [5, 5.41) is 5.67. The van der Waals surface area contributed by atoms with Crippen LogP contribution in [0.5, 0.6) is 0 Å². The van der Waals surface area contributed by atoms with E-state index < -0.39 is 0 Å². The highest BCUT2D eigenvalue weighted by Crippen LogP contribution is 2.03. The van der Waals surface area contributed by atoms with Crippen molar-refractivity contribution in [3.8, 4) is 0 Å². The lowest BCUT2D eigenvalue weighted by Crippen LogP contribution is -2.27. The average Bonchev–Trinajstić information content (AvgIpc) is 2.31. The molecule has 1 amide bonds. The van der Waals surface area contributed by atoms with Crippen LogP contribution in [-0.4, -0.2) is 17.4 Å². The van der Waals surface area contributed by atoms with Gasteiger partial charge in [-0.3, -0.25) is 4.79 Å². The number of carbonyl (C=O) groups excluding carboxylic acids is 1. The van der Waals surface area contributed by atoms with E-state index in [9.17, 15) is 4.79 Å². The van der Waals surface area contributed by atoms with Crippen molar-refractivity contribution in [1.82, 2.24) is 10.3 Å². The molecule has 1 aliphatic heterocycles. The minimum absolute atomic E-state index is 0.168. The molecule has 0 fully saturated rings. The van der Waals surface area contributed by atoms with Gasteiger partial charge in [0.1, 0.15) is 11.5 Å². The molecule has 2 N–H and O–H groups in total. The number of anilines is 1. The van der Waals surface area contributed by atoms with E-state index in [4.69, 9.17) is 0 Å². The fourth-order valence-electron chi connectivity index (χ4n) is 1.24. The first-order chi connectivity index (χ1) is 7.36. The second kappa shape index (κ2) is 4.41. The van der Waals surface area contributed by atoms with Gasteiger partial charge in [-0.1, -0.05) is 18.2 Å². The zero-order valence-corrected chi connectivity index (χ0v) is 8.10. The van der Waals surface area contributed by atoms with Gasteiger partial charge in [-0.05, 0) is 18.2 Å². The summed E-state index contributed by atoms with van der Waals surface area (Å²) >= 11 is 0. The SMILES string of the molecule is O=C(Nc1ccccn1)C1=CC=CCN1. The molecule has 1 aromatic rings. The van der Waals surface area contributed by atoms with Crippen molar-refractivity contribution in [2.75, 3.05) is 11.9 Å². The molecule has 0 saturated carbocycles. The highest BCUT2D eigenvalue weighted by Gasteiger charge is 2.09. The van der Waals surface area contributed by atoms with Crippen LogP contribution in [0, 0.1) is 0 Å². The zero-order valence-electron chi connectivity index (χ0n) is 8.10. The maximum atomic E-state index is 11.7. The van der Waals surface area contributed by atoms with E-state index in [1.54, 1.807) is 24.4 Å². The number of hydrogen-bond acceptors (Lipinski definition) is 3. The monoisotopic (exact) mass is 201 g/mol. The quantitative estimate of drug-likeness (QED) is 0.752. The Kier molecular flexibility index (Phi) is 2.78. The lowest BCUT2D eigenvalue weighted by Gasteiger charge is -2.11. The summed E-state index contributed by atoms with van der Waals surface area (Å²) in [5.41, 5.74) is 0.558. The molecule has 0 atom stereocenters. The predicted octanol–water partition coefficient (Wildman–Crippen LogP) is 1.06. The molecule has 4 heteroatoms. The van der Waals surface area contributed by atoms with Gasteiger partial charge in [0.2, 0.25) is 0 Å². The number of amides is 1. The predicted molar refractivity (Wildman–Crippen MR) is 58.1 cm³/mol. The van der Waals surface area contributed by atoms with E-state index in [-0.39, 0.29) is 5.91 Å². The largest absolute Gasteiger partial charge is 0.377 e. The fraction of sp³-hybridized carbons (Fsp3) is 0.0909. The molecule has 1 aromatic heterocycles. The first-order valence-corrected chi connectivity index (χ1v) is 4.69. The number of allylic oxidation sites excluding steroid dienone is 2. The van der Waals surface area contributed by atoms with Gasteiger partial charge in [-0.2, -0.15) is 0 Å². The highest BCUT2D eigenvalue weighted by molar-refractivity contribution is 6.03. The second-order valence-corrected chi connectivity index (χ2v) is 3.06. The van der Waals surface area contributed by atoms with Gasteiger partial charge in [0.15, 0.2) is 0 Å². The molecule has 0 unspecified atom stereocenters. The maximum absolute atomic E-state index is 11.7. The fourth-order valence-corrected chi connectivity index (χ4v) is 1.24. The first-order valence-electron chi connectivity index (χ1n) is 4.69. The number of carbonyl (C=O) groups is 1. The lowest BCUT2D eigenvalue weighted by molar-refractivity contribution is -0.113. The van der Waals surface area contributed by atoms with Crippen LogP contribution in [0.4, 0.5) is 5.82 Å². The normalized spacial score (nSPS) is 14.0. The molecular weight excluding hydrogens is 190 g/mol. The molecule has 2 heterocycles. The molecular formula is C11H11N3O. The summed E-state index contributed by atoms with van der Waals surface area (Å²) in [6, 6.07) is 5.37. The minimum Gasteiger partial charge on any atom is -0.377 e. The van der Waals surface area contributed by atoms with E-state index in [2.05, 4.69) is 15.6 Å². The van der Waals surface area contributed by atoms with Gasteiger partial charge in [-0.25, -0.2) is 4.98 Å². The standard InChI is InChI=1S/C11H11N3O/c15-11(9-5-1-3-7-12-9)14-10-6-2-4-8-13-10/h1-6,8,12H,7H2,(H,13,14,15). The molecule has 0 spiro atoms. The molecule has 4 nitrogen and oxygen atoms in total. The van der Waals surface area contributed by atoms with Gasteiger partial charge in [-0.15, -0.1) is 0 Å². The van der Waals surface area contributed by atoms with E-state index in [0.29, 0.717) is 18.1 Å². The smallest absolute Gasteiger partial charge is 0.272 e. The third-order valence-corrected chi connectivity index (χ3v) is 1.96. The average molecular weight is 201 g/mol. The van der Waals surface area contributed by atoms with Gasteiger partial charge < -0.3 is 10.6 Å². The maximum Gasteiger partial charge on any atom is 0.272 e. The van der Waals surface area contributed by atoms with Crippen molar-refractivity contribution in [3.63, 3.8) is 0 Å². The lowest BCUT2D eigenvalue weighted by atomic mass is 10.3. The third kappa shape index (κ3) is 2.43. The summed E-state index contributed by atoms with van der Waals surface area (Å²) < 4.78 is 0. The summed E-state index contributed by atoms with van der Waals surface area (Å²) in [5.74, 6) is 0.387. The molecule has 2 rings (SSSR count). The van der Waals surface area contributed by atoms with Crippen LogP contribution >= 0.6 is 0 Å². The van der Waals surface area contributed by atoms with Gasteiger partial charge >= 0.3 is 0 Å². The highest BCUT2D eigenvalue weighted by atomic mass is 16.2. The number of hydrogen-bond donors (Lipinski definition) is 2. The summed E-state index contributed by atoms with van der Waals surface area (Å²) in [6.07, 6.45) is 7.17. The van der Waals surface area contributed by atoms with Crippen molar-refractivity contribution in [1.29, 1.82) is 0 Å². The van der Waals surface area contributed by atoms with Crippen LogP contribution in [-0.2, 0) is 4.79 Å². The van der Waals surface area contributed by atoms with Crippen molar-refractivity contribution in [2.24, 2.45) is 0 Å². The van der Waals surface area contributed by atoms with Gasteiger partial charge in [0, 0.05) is 12.7 Å². The van der Waals surface area contributed by atoms with Gasteiger partial charge in [0.05, 0.1) is 0 Å². The molecule has 1 aliphatic rings. The van der Waals surface area contributed by atoms with Crippen molar-refractivity contribution in [3.05, 3.63) is 48.3 Å². The Balaban J connectivity index is 2.04. The van der Waals surface area contributed by atoms with Gasteiger partial charge in [0.25, 0.3) is 5.91 Å². The van der Waals surface area contributed by atoms with E-state index in [1.165, 1.54) is 0 Å². The molecule has 0 bridgehead atoms. The van der Waals surface area contributed by atoms with E-state index in [0.717, 1.165) is 0 Å². The van der Waals surface area contributed by atoms with Crippen LogP contribution in [0.3, 0.4) is 0 Å². The first kappa shape index (κ1) is 9.45. The summed E-state index contributed by atoms with van der Waals surface area (Å²) in [6.45, 7) is 0.682. The van der Waals surface area contributed by atoms with Crippen LogP contribution in [0.15, 0.2) is 48.3 Å². The van der Waals surface area contributed by atoms with E-state index in [1.807, 2.05) is 18.2 Å². The molecule has 0 aromatic carbocycles. The second-order valence-electron chi connectivity index (χ2n) is 3.06. The molecule has 0 aliphatic carbocycles. The van der Waals surface area contributed by atoms with Crippen molar-refractivity contribution < 1.29 is 4.79 Å². The van der Waals surface area contributed by atoms with Crippen LogP contribution in [0.2, 0.25) is 0 Å². The Hall–Kier alpha value is -2.10. The zero-order chi connectivity index (χ0) is 10.5. The Morgan fingerprint density at radius 1 is 1.47 bits per heavy atom. The Morgan fingerprint density at radius 2 is 2.40 bits per heavy atom. The Labute approximate surface area is 87.7 Å². The number of pyridine rings is 1. The molecule has 15 heavy (non-hydrogen) atoms. The minimum atomic E-state index is -0.168. The number of aromatic nitrogens is 1. The number of nitrogens with one attached hydrogen (secondary N) is 2. The molecule has 76 valence electrons. The number of nitrogens with zero attached hydrogens (tertiary/aromatic N) is 1. The summed E-state index contributed by atoms with van der Waals surface area (Å²) in [4.78, 5) is 15.7. The van der Waals surface area contributed by atoms with Crippen molar-refractivity contribution >= 4 is 11.7 Å². The van der Waals surface area contributed by atoms with E-state index >= 15 is 0 Å². The Bertz CT molecular complexity index is 409. The molecule has 0 radical (unpaired) electrons. The number of rotatable bonds is 2. The third-order valence-electron chi connectivity index (χ3n) is 1.96. The van der Waals surface area contributed by atoms with Crippen LogP contribution in [0.25, 0.3) is 0 Å². The van der Waals surface area contributed by atoms with Crippen LogP contribution in [0.1, 0.15) is 0 Å².